The van der Waals surface area contributed by atoms with Crippen LogP contribution in [0.5, 0.6) is 5.75 Å². The minimum absolute atomic E-state index is 0.0411. The van der Waals surface area contributed by atoms with Gasteiger partial charge in [0.2, 0.25) is 0 Å². The van der Waals surface area contributed by atoms with Crippen LogP contribution in [0.25, 0.3) is 0 Å². The van der Waals surface area contributed by atoms with Crippen molar-refractivity contribution in [3.63, 3.8) is 0 Å². The molecule has 0 spiro atoms. The van der Waals surface area contributed by atoms with Gasteiger partial charge in [0.15, 0.2) is 0 Å². The zero-order valence-electron chi connectivity index (χ0n) is 17.3. The summed E-state index contributed by atoms with van der Waals surface area (Å²) in [5.41, 5.74) is -0.153. The van der Waals surface area contributed by atoms with Crippen molar-refractivity contribution in [2.75, 3.05) is 13.1 Å². The summed E-state index contributed by atoms with van der Waals surface area (Å²) < 4.78 is 75.8. The molecule has 2 fully saturated rings. The zero-order valence-corrected chi connectivity index (χ0v) is 18.1. The molecule has 0 amide bonds. The van der Waals surface area contributed by atoms with E-state index in [-0.39, 0.29) is 35.3 Å². The highest BCUT2D eigenvalue weighted by Gasteiger charge is 2.47. The minimum atomic E-state index is -4.67. The smallest absolute Gasteiger partial charge is 0.408 e. The lowest BCUT2D eigenvalue weighted by Crippen LogP contribution is -2.47. The van der Waals surface area contributed by atoms with E-state index < -0.39 is 41.5 Å². The van der Waals surface area contributed by atoms with Crippen LogP contribution in [0.3, 0.4) is 0 Å². The van der Waals surface area contributed by atoms with Gasteiger partial charge in [0.1, 0.15) is 29.5 Å². The number of nitrogens with zero attached hydrogens (tertiary/aromatic N) is 1. The second kappa shape index (κ2) is 9.10. The van der Waals surface area contributed by atoms with Crippen LogP contribution in [-0.2, 0) is 0 Å². The predicted molar refractivity (Wildman–Crippen MR) is 111 cm³/mol. The van der Waals surface area contributed by atoms with Crippen molar-refractivity contribution in [2.24, 2.45) is 0 Å². The maximum atomic E-state index is 14.3. The number of carboxylic acid groups (broad SMARTS) is 1. The predicted octanol–water partition coefficient (Wildman–Crippen LogP) is 6.34. The molecule has 10 heteroatoms. The molecule has 2 aromatic rings. The molecule has 1 saturated carbocycles. The molecule has 0 radical (unpaired) electrons. The summed E-state index contributed by atoms with van der Waals surface area (Å²) in [6.45, 7) is 0.0177. The van der Waals surface area contributed by atoms with E-state index in [1.807, 2.05) is 0 Å². The molecular weight excluding hydrogens is 469 g/mol. The lowest BCUT2D eigenvalue weighted by molar-refractivity contribution is -0.192. The molecule has 33 heavy (non-hydrogen) atoms. The number of hydrogen-bond donors (Lipinski definition) is 1. The highest BCUT2D eigenvalue weighted by Crippen LogP contribution is 2.46. The SMILES string of the molecule is O=C(O)c1cc(C2CC2)c(OC2CCCN(C(c3ccc(F)cc3Cl)C(F)(F)F)C2)cc1F. The monoisotopic (exact) mass is 489 g/mol. The average Bonchev–Trinajstić information content (AvgIpc) is 3.54. The number of carboxylic acids is 1. The molecular formula is C23H21ClF5NO3. The van der Waals surface area contributed by atoms with Gasteiger partial charge >= 0.3 is 12.1 Å². The summed E-state index contributed by atoms with van der Waals surface area (Å²) in [7, 11) is 0. The average molecular weight is 490 g/mol. The Kier molecular flexibility index (Phi) is 6.55. The lowest BCUT2D eigenvalue weighted by atomic mass is 9.99. The molecule has 1 heterocycles. The largest absolute Gasteiger partial charge is 0.489 e. The molecule has 4 nitrogen and oxygen atoms in total. The highest BCUT2D eigenvalue weighted by atomic mass is 35.5. The molecule has 4 rings (SSSR count). The normalized spacial score (nSPS) is 20.5. The first-order valence-electron chi connectivity index (χ1n) is 10.5. The molecule has 1 aliphatic heterocycles. The Labute approximate surface area is 191 Å². The topological polar surface area (TPSA) is 49.8 Å². The van der Waals surface area contributed by atoms with Crippen LogP contribution in [0.1, 0.15) is 59.1 Å². The summed E-state index contributed by atoms with van der Waals surface area (Å²) >= 11 is 5.95. The second-order valence-electron chi connectivity index (χ2n) is 8.44. The molecule has 0 bridgehead atoms. The first-order valence-corrected chi connectivity index (χ1v) is 10.9. The second-order valence-corrected chi connectivity index (χ2v) is 8.84. The number of likely N-dealkylation sites (tertiary alicyclic amines) is 1. The number of ether oxygens (including phenoxy) is 1. The van der Waals surface area contributed by atoms with Crippen LogP contribution >= 0.6 is 11.6 Å². The maximum absolute atomic E-state index is 14.3. The van der Waals surface area contributed by atoms with Crippen LogP contribution in [0.2, 0.25) is 5.02 Å². The molecule has 178 valence electrons. The van der Waals surface area contributed by atoms with Gasteiger partial charge in [0.25, 0.3) is 0 Å². The highest BCUT2D eigenvalue weighted by molar-refractivity contribution is 6.31. The van der Waals surface area contributed by atoms with Crippen LogP contribution < -0.4 is 4.74 Å². The third kappa shape index (κ3) is 5.24. The molecule has 2 atom stereocenters. The molecule has 0 aromatic heterocycles. The number of carbonyl (C=O) groups is 1. The Morgan fingerprint density at radius 1 is 1.15 bits per heavy atom. The van der Waals surface area contributed by atoms with E-state index in [9.17, 15) is 31.9 Å². The van der Waals surface area contributed by atoms with Crippen molar-refractivity contribution in [3.05, 3.63) is 63.7 Å². The van der Waals surface area contributed by atoms with Crippen molar-refractivity contribution in [1.82, 2.24) is 4.90 Å². The summed E-state index contributed by atoms with van der Waals surface area (Å²) in [6, 6.07) is 3.03. The number of benzene rings is 2. The minimum Gasteiger partial charge on any atom is -0.489 e. The fourth-order valence-electron chi connectivity index (χ4n) is 4.33. The fourth-order valence-corrected chi connectivity index (χ4v) is 4.60. The van der Waals surface area contributed by atoms with E-state index in [4.69, 9.17) is 16.3 Å². The van der Waals surface area contributed by atoms with E-state index >= 15 is 0 Å². The quantitative estimate of drug-likeness (QED) is 0.481. The van der Waals surface area contributed by atoms with Crippen LogP contribution in [0.4, 0.5) is 22.0 Å². The number of piperidine rings is 1. The Balaban J connectivity index is 1.59. The Morgan fingerprint density at radius 3 is 2.48 bits per heavy atom. The number of aromatic carboxylic acids is 1. The Hall–Kier alpha value is -2.39. The van der Waals surface area contributed by atoms with E-state index in [0.29, 0.717) is 18.4 Å². The van der Waals surface area contributed by atoms with Crippen molar-refractivity contribution < 1.29 is 36.6 Å². The molecule has 2 aliphatic rings. The van der Waals surface area contributed by atoms with Gasteiger partial charge in [0.05, 0.1) is 5.56 Å². The molecule has 2 aromatic carbocycles. The van der Waals surface area contributed by atoms with Gasteiger partial charge in [-0.1, -0.05) is 17.7 Å². The summed E-state index contributed by atoms with van der Waals surface area (Å²) in [5.74, 6) is -2.88. The third-order valence-electron chi connectivity index (χ3n) is 5.98. The van der Waals surface area contributed by atoms with Crippen LogP contribution in [-0.4, -0.2) is 41.3 Å². The lowest BCUT2D eigenvalue weighted by Gasteiger charge is -2.39. The van der Waals surface area contributed by atoms with E-state index in [2.05, 4.69) is 0 Å². The summed E-state index contributed by atoms with van der Waals surface area (Å²) in [5, 5.41) is 8.88. The number of hydrogen-bond acceptors (Lipinski definition) is 3. The van der Waals surface area contributed by atoms with Crippen LogP contribution in [0.15, 0.2) is 30.3 Å². The van der Waals surface area contributed by atoms with Crippen LogP contribution in [0, 0.1) is 11.6 Å². The Morgan fingerprint density at radius 2 is 1.88 bits per heavy atom. The van der Waals surface area contributed by atoms with Gasteiger partial charge in [-0.2, -0.15) is 13.2 Å². The number of alkyl halides is 3. The molecule has 1 saturated heterocycles. The third-order valence-corrected chi connectivity index (χ3v) is 6.31. The number of rotatable bonds is 6. The van der Waals surface area contributed by atoms with E-state index in [1.165, 1.54) is 11.0 Å². The van der Waals surface area contributed by atoms with E-state index in [1.54, 1.807) is 0 Å². The molecule has 1 aliphatic carbocycles. The summed E-state index contributed by atoms with van der Waals surface area (Å²) in [6.07, 6.45) is -2.89. The van der Waals surface area contributed by atoms with Gasteiger partial charge < -0.3 is 9.84 Å². The summed E-state index contributed by atoms with van der Waals surface area (Å²) in [4.78, 5) is 12.5. The first kappa shape index (κ1) is 23.8. The zero-order chi connectivity index (χ0) is 23.9. The molecule has 1 N–H and O–H groups in total. The van der Waals surface area contributed by atoms with Gasteiger partial charge in [-0.25, -0.2) is 13.6 Å². The standard InChI is InChI=1S/C23H21ClF5NO3/c24-18-8-13(25)5-6-15(18)21(23(27,28)29)30-7-1-2-14(11-30)33-20-10-19(26)17(22(31)32)9-16(20)12-3-4-12/h5-6,8-10,12,14,21H,1-4,7,11H2,(H,31,32). The number of halogens is 6. The van der Waals surface area contributed by atoms with Crippen molar-refractivity contribution >= 4 is 17.6 Å². The van der Waals surface area contributed by atoms with Crippen molar-refractivity contribution in [2.45, 2.75) is 49.9 Å². The van der Waals surface area contributed by atoms with Gasteiger partial charge in [-0.05, 0) is 67.5 Å². The maximum Gasteiger partial charge on any atom is 0.408 e. The van der Waals surface area contributed by atoms with Gasteiger partial charge in [0, 0.05) is 17.6 Å². The Bertz CT molecular complexity index is 1060. The van der Waals surface area contributed by atoms with Gasteiger partial charge in [-0.15, -0.1) is 0 Å². The fraction of sp³-hybridized carbons (Fsp3) is 0.435. The first-order chi connectivity index (χ1) is 15.5. The van der Waals surface area contributed by atoms with Gasteiger partial charge in [-0.3, -0.25) is 4.90 Å². The van der Waals surface area contributed by atoms with Crippen molar-refractivity contribution in [1.29, 1.82) is 0 Å². The van der Waals surface area contributed by atoms with Crippen molar-refractivity contribution in [3.8, 4) is 5.75 Å². The molecule has 2 unspecified atom stereocenters. The van der Waals surface area contributed by atoms with E-state index in [0.717, 1.165) is 37.1 Å².